The molecule has 0 radical (unpaired) electrons. The lowest BCUT2D eigenvalue weighted by Crippen LogP contribution is -2.23. The second-order valence-electron chi connectivity index (χ2n) is 6.36. The second-order valence-corrected chi connectivity index (χ2v) is 6.36. The second kappa shape index (κ2) is 9.58. The lowest BCUT2D eigenvalue weighted by Gasteiger charge is -2.22. The van der Waals surface area contributed by atoms with Gasteiger partial charge in [-0.05, 0) is 38.3 Å². The maximum atomic E-state index is 11.4. The lowest BCUT2D eigenvalue weighted by atomic mass is 10.1. The van der Waals surface area contributed by atoms with E-state index in [0.717, 1.165) is 42.6 Å². The summed E-state index contributed by atoms with van der Waals surface area (Å²) >= 11 is 0. The van der Waals surface area contributed by atoms with Crippen molar-refractivity contribution in [3.8, 4) is 5.75 Å². The third kappa shape index (κ3) is 4.90. The number of hydrogen-bond donors (Lipinski definition) is 0. The molecule has 6 heteroatoms. The summed E-state index contributed by atoms with van der Waals surface area (Å²) in [5, 5.41) is 0.957. The van der Waals surface area contributed by atoms with Crippen LogP contribution < -0.4 is 4.74 Å². The number of para-hydroxylation sites is 1. The van der Waals surface area contributed by atoms with Crippen molar-refractivity contribution in [2.45, 2.75) is 38.9 Å². The molecule has 0 aliphatic carbocycles. The Morgan fingerprint density at radius 3 is 2.96 bits per heavy atom. The third-order valence-electron chi connectivity index (χ3n) is 4.50. The minimum absolute atomic E-state index is 0.110. The number of furan rings is 1. The number of allylic oxidation sites excluding steroid dienone is 1. The number of ether oxygens (including phenoxy) is 4. The summed E-state index contributed by atoms with van der Waals surface area (Å²) in [5.74, 6) is 0.856. The average Bonchev–Trinajstić information content (AvgIpc) is 3.05. The number of esters is 1. The number of methoxy groups -OCH3 is 1. The van der Waals surface area contributed by atoms with Crippen LogP contribution in [0.4, 0.5) is 0 Å². The molecule has 0 saturated carbocycles. The van der Waals surface area contributed by atoms with E-state index in [9.17, 15) is 4.79 Å². The molecule has 0 N–H and O–H groups in total. The Bertz CT molecular complexity index is 785. The molecule has 1 aromatic carbocycles. The number of carbonyl (C=O) groups excluding carboxylic acids is 1. The van der Waals surface area contributed by atoms with Gasteiger partial charge >= 0.3 is 5.97 Å². The fourth-order valence-corrected chi connectivity index (χ4v) is 3.15. The minimum atomic E-state index is -0.437. The van der Waals surface area contributed by atoms with Gasteiger partial charge in [0, 0.05) is 24.0 Å². The van der Waals surface area contributed by atoms with Crippen molar-refractivity contribution in [1.82, 2.24) is 0 Å². The molecule has 1 aliphatic heterocycles. The first-order chi connectivity index (χ1) is 13.2. The van der Waals surface area contributed by atoms with Crippen LogP contribution in [0.5, 0.6) is 5.75 Å². The third-order valence-corrected chi connectivity index (χ3v) is 4.50. The molecule has 1 unspecified atom stereocenters. The van der Waals surface area contributed by atoms with Crippen molar-refractivity contribution in [1.29, 1.82) is 0 Å². The maximum Gasteiger partial charge on any atom is 0.343 e. The zero-order chi connectivity index (χ0) is 19.1. The van der Waals surface area contributed by atoms with Crippen LogP contribution in [0, 0.1) is 0 Å². The fraction of sp³-hybridized carbons (Fsp3) is 0.476. The normalized spacial score (nSPS) is 17.5. The predicted octanol–water partition coefficient (Wildman–Crippen LogP) is 4.10. The van der Waals surface area contributed by atoms with Gasteiger partial charge in [0.25, 0.3) is 0 Å². The van der Waals surface area contributed by atoms with Crippen molar-refractivity contribution in [2.75, 3.05) is 26.9 Å². The van der Waals surface area contributed by atoms with Gasteiger partial charge in [0.05, 0.1) is 13.7 Å². The average molecular weight is 374 g/mol. The van der Waals surface area contributed by atoms with Crippen LogP contribution >= 0.6 is 0 Å². The predicted molar refractivity (Wildman–Crippen MR) is 102 cm³/mol. The molecule has 1 aliphatic rings. The van der Waals surface area contributed by atoms with E-state index in [1.807, 2.05) is 31.2 Å². The number of hydrogen-bond acceptors (Lipinski definition) is 6. The number of benzene rings is 1. The van der Waals surface area contributed by atoms with Crippen molar-refractivity contribution in [3.63, 3.8) is 0 Å². The molecule has 146 valence electrons. The van der Waals surface area contributed by atoms with Crippen LogP contribution in [0.3, 0.4) is 0 Å². The Labute approximate surface area is 159 Å². The molecule has 1 atom stereocenters. The van der Waals surface area contributed by atoms with Gasteiger partial charge < -0.3 is 23.4 Å². The maximum absolute atomic E-state index is 11.4. The lowest BCUT2D eigenvalue weighted by molar-refractivity contribution is -0.161. The van der Waals surface area contributed by atoms with Crippen molar-refractivity contribution >= 4 is 23.0 Å². The Balaban J connectivity index is 1.77. The van der Waals surface area contributed by atoms with E-state index < -0.39 is 5.97 Å². The summed E-state index contributed by atoms with van der Waals surface area (Å²) in [6.07, 6.45) is 7.64. The van der Waals surface area contributed by atoms with E-state index in [1.165, 1.54) is 7.11 Å². The Kier molecular flexibility index (Phi) is 6.90. The first-order valence-electron chi connectivity index (χ1n) is 9.33. The van der Waals surface area contributed by atoms with Crippen LogP contribution in [-0.4, -0.2) is 39.2 Å². The van der Waals surface area contributed by atoms with E-state index in [0.29, 0.717) is 24.4 Å². The van der Waals surface area contributed by atoms with Crippen LogP contribution in [0.25, 0.3) is 17.0 Å². The Hall–Kier alpha value is -2.31. The topological polar surface area (TPSA) is 67.1 Å². The highest BCUT2D eigenvalue weighted by molar-refractivity contribution is 5.89. The van der Waals surface area contributed by atoms with Crippen molar-refractivity contribution in [2.24, 2.45) is 0 Å². The Morgan fingerprint density at radius 1 is 1.33 bits per heavy atom. The first kappa shape index (κ1) is 19.5. The molecule has 0 bridgehead atoms. The van der Waals surface area contributed by atoms with Gasteiger partial charge in [0.2, 0.25) is 0 Å². The SMILES string of the molecule is C/C=C/c1oc2c(OCC(=O)OC)cccc2c1CCOC1CCCCO1. The standard InChI is InChI=1S/C21H26O6/c1-3-7-17-15(11-13-25-20-10-4-5-12-24-20)16-8-6-9-18(21(16)27-17)26-14-19(22)23-2/h3,6-9,20H,4-5,10-14H2,1-2H3/b7-3+. The molecule has 2 heterocycles. The smallest absolute Gasteiger partial charge is 0.343 e. The van der Waals surface area contributed by atoms with E-state index >= 15 is 0 Å². The van der Waals surface area contributed by atoms with Gasteiger partial charge in [-0.3, -0.25) is 0 Å². The number of fused-ring (bicyclic) bond motifs is 1. The van der Waals surface area contributed by atoms with Crippen LogP contribution in [0.2, 0.25) is 0 Å². The monoisotopic (exact) mass is 374 g/mol. The summed E-state index contributed by atoms with van der Waals surface area (Å²) in [6.45, 7) is 3.10. The highest BCUT2D eigenvalue weighted by atomic mass is 16.7. The summed E-state index contributed by atoms with van der Waals surface area (Å²) < 4.78 is 27.7. The quantitative estimate of drug-likeness (QED) is 0.648. The van der Waals surface area contributed by atoms with E-state index in [4.69, 9.17) is 18.6 Å². The highest BCUT2D eigenvalue weighted by Gasteiger charge is 2.18. The molecule has 0 amide bonds. The molecular formula is C21H26O6. The number of rotatable bonds is 8. The number of carbonyl (C=O) groups is 1. The summed E-state index contributed by atoms with van der Waals surface area (Å²) in [5.41, 5.74) is 1.68. The van der Waals surface area contributed by atoms with Gasteiger partial charge in [-0.15, -0.1) is 0 Å². The molecule has 2 aromatic rings. The van der Waals surface area contributed by atoms with Gasteiger partial charge in [0.1, 0.15) is 5.76 Å². The summed E-state index contributed by atoms with van der Waals surface area (Å²) in [7, 11) is 1.33. The van der Waals surface area contributed by atoms with E-state index in [-0.39, 0.29) is 12.9 Å². The highest BCUT2D eigenvalue weighted by Crippen LogP contribution is 2.34. The van der Waals surface area contributed by atoms with Crippen molar-refractivity contribution in [3.05, 3.63) is 35.6 Å². The molecule has 0 spiro atoms. The van der Waals surface area contributed by atoms with Gasteiger partial charge in [-0.25, -0.2) is 4.79 Å². The molecule has 1 fully saturated rings. The fourth-order valence-electron chi connectivity index (χ4n) is 3.15. The first-order valence-corrected chi connectivity index (χ1v) is 9.33. The van der Waals surface area contributed by atoms with E-state index in [2.05, 4.69) is 4.74 Å². The summed E-state index contributed by atoms with van der Waals surface area (Å²) in [4.78, 5) is 11.4. The molecule has 6 nitrogen and oxygen atoms in total. The minimum Gasteiger partial charge on any atom is -0.478 e. The van der Waals surface area contributed by atoms with Gasteiger partial charge in [0.15, 0.2) is 24.2 Å². The Morgan fingerprint density at radius 2 is 2.22 bits per heavy atom. The van der Waals surface area contributed by atoms with Crippen molar-refractivity contribution < 1.29 is 28.2 Å². The largest absolute Gasteiger partial charge is 0.478 e. The molecule has 1 aromatic heterocycles. The zero-order valence-electron chi connectivity index (χ0n) is 15.9. The van der Waals surface area contributed by atoms with Gasteiger partial charge in [-0.2, -0.15) is 0 Å². The van der Waals surface area contributed by atoms with Gasteiger partial charge in [-0.1, -0.05) is 18.2 Å². The molecule has 27 heavy (non-hydrogen) atoms. The molecule has 3 rings (SSSR count). The van der Waals surface area contributed by atoms with Crippen LogP contribution in [0.1, 0.15) is 37.5 Å². The van der Waals surface area contributed by atoms with Crippen LogP contribution in [-0.2, 0) is 25.4 Å². The van der Waals surface area contributed by atoms with E-state index in [1.54, 1.807) is 6.07 Å². The zero-order valence-corrected chi connectivity index (χ0v) is 15.9. The molecular weight excluding hydrogens is 348 g/mol. The molecule has 1 saturated heterocycles. The van der Waals surface area contributed by atoms with Crippen LogP contribution in [0.15, 0.2) is 28.7 Å². The summed E-state index contributed by atoms with van der Waals surface area (Å²) in [6, 6.07) is 5.66.